The minimum absolute atomic E-state index is 0.157. The highest BCUT2D eigenvalue weighted by Crippen LogP contribution is 2.32. The third-order valence-corrected chi connectivity index (χ3v) is 3.28. The quantitative estimate of drug-likeness (QED) is 0.862. The number of nitrogens with zero attached hydrogens (tertiary/aromatic N) is 1. The second-order valence-corrected chi connectivity index (χ2v) is 4.38. The Bertz CT molecular complexity index is 411. The van der Waals surface area contributed by atoms with E-state index in [0.29, 0.717) is 6.61 Å². The van der Waals surface area contributed by atoms with Crippen molar-refractivity contribution in [1.29, 1.82) is 5.26 Å². The fourth-order valence-corrected chi connectivity index (χ4v) is 2.28. The van der Waals surface area contributed by atoms with Gasteiger partial charge in [0.15, 0.2) is 0 Å². The van der Waals surface area contributed by atoms with Crippen molar-refractivity contribution in [2.45, 2.75) is 31.4 Å². The Kier molecular flexibility index (Phi) is 4.13. The van der Waals surface area contributed by atoms with Crippen molar-refractivity contribution in [3.63, 3.8) is 0 Å². The van der Waals surface area contributed by atoms with Gasteiger partial charge in [-0.05, 0) is 37.4 Å². The molecule has 0 saturated carbocycles. The maximum Gasteiger partial charge on any atom is 0.119 e. The van der Waals surface area contributed by atoms with E-state index >= 15 is 0 Å². The van der Waals surface area contributed by atoms with E-state index in [4.69, 9.17) is 10.00 Å². The number of likely N-dealkylation sites (N-methyl/N-ethyl adjacent to an activating group) is 1. The summed E-state index contributed by atoms with van der Waals surface area (Å²) in [5, 5.41) is 11.8. The van der Waals surface area contributed by atoms with Gasteiger partial charge in [-0.15, -0.1) is 0 Å². The molecular weight excluding hydrogens is 212 g/mol. The third kappa shape index (κ3) is 2.85. The fourth-order valence-electron chi connectivity index (χ4n) is 2.28. The van der Waals surface area contributed by atoms with Crippen molar-refractivity contribution in [2.24, 2.45) is 0 Å². The van der Waals surface area contributed by atoms with Crippen LogP contribution in [0.1, 0.15) is 30.1 Å². The number of nitriles is 1. The van der Waals surface area contributed by atoms with E-state index in [1.807, 2.05) is 0 Å². The molecule has 1 aliphatic carbocycles. The predicted molar refractivity (Wildman–Crippen MR) is 66.5 cm³/mol. The molecule has 0 fully saturated rings. The Morgan fingerprint density at radius 1 is 1.53 bits per heavy atom. The second kappa shape index (κ2) is 5.81. The Morgan fingerprint density at radius 2 is 2.35 bits per heavy atom. The summed E-state index contributed by atoms with van der Waals surface area (Å²) in [5.41, 5.74) is 2.69. The Hall–Kier alpha value is -1.37. The van der Waals surface area contributed by atoms with Gasteiger partial charge in [0.05, 0.1) is 18.8 Å². The Balaban J connectivity index is 2.02. The summed E-state index contributed by atoms with van der Waals surface area (Å²) < 4.78 is 5.87. The van der Waals surface area contributed by atoms with Crippen molar-refractivity contribution < 1.29 is 4.74 Å². The summed E-state index contributed by atoms with van der Waals surface area (Å²) >= 11 is 0. The van der Waals surface area contributed by atoms with Gasteiger partial charge >= 0.3 is 0 Å². The minimum atomic E-state index is -0.218. The van der Waals surface area contributed by atoms with Crippen LogP contribution >= 0.6 is 0 Å². The lowest BCUT2D eigenvalue weighted by Crippen LogP contribution is -2.29. The number of fused-ring (bicyclic) bond motifs is 1. The SMILES string of the molecule is CNC(C#N)COC1CCCc2ccccc21. The van der Waals surface area contributed by atoms with Gasteiger partial charge in [-0.1, -0.05) is 24.3 Å². The van der Waals surface area contributed by atoms with Crippen LogP contribution in [0.5, 0.6) is 0 Å². The van der Waals surface area contributed by atoms with E-state index in [1.165, 1.54) is 17.5 Å². The first kappa shape index (κ1) is 12.1. The molecule has 1 N–H and O–H groups in total. The van der Waals surface area contributed by atoms with Gasteiger partial charge in [-0.2, -0.15) is 5.26 Å². The van der Waals surface area contributed by atoms with E-state index in [2.05, 4.69) is 35.7 Å². The number of benzene rings is 1. The molecule has 3 heteroatoms. The molecule has 2 unspecified atom stereocenters. The minimum Gasteiger partial charge on any atom is -0.371 e. The monoisotopic (exact) mass is 230 g/mol. The van der Waals surface area contributed by atoms with Gasteiger partial charge < -0.3 is 10.1 Å². The number of rotatable bonds is 4. The van der Waals surface area contributed by atoms with E-state index in [1.54, 1.807) is 7.05 Å². The van der Waals surface area contributed by atoms with Crippen molar-refractivity contribution in [2.75, 3.05) is 13.7 Å². The Morgan fingerprint density at radius 3 is 3.12 bits per heavy atom. The van der Waals surface area contributed by atoms with E-state index in [9.17, 15) is 0 Å². The molecule has 0 saturated heterocycles. The van der Waals surface area contributed by atoms with Crippen molar-refractivity contribution in [3.05, 3.63) is 35.4 Å². The molecular formula is C14H18N2O. The first-order valence-corrected chi connectivity index (χ1v) is 6.11. The molecule has 1 aliphatic rings. The van der Waals surface area contributed by atoms with E-state index in [0.717, 1.165) is 12.8 Å². The average molecular weight is 230 g/mol. The van der Waals surface area contributed by atoms with Crippen LogP contribution in [-0.4, -0.2) is 19.7 Å². The lowest BCUT2D eigenvalue weighted by Gasteiger charge is -2.26. The van der Waals surface area contributed by atoms with Gasteiger partial charge in [0.1, 0.15) is 6.04 Å². The second-order valence-electron chi connectivity index (χ2n) is 4.38. The predicted octanol–water partition coefficient (Wildman–Crippen LogP) is 2.19. The summed E-state index contributed by atoms with van der Waals surface area (Å²) in [6, 6.07) is 10.4. The number of hydrogen-bond donors (Lipinski definition) is 1. The van der Waals surface area contributed by atoms with E-state index in [-0.39, 0.29) is 12.1 Å². The van der Waals surface area contributed by atoms with Crippen molar-refractivity contribution in [1.82, 2.24) is 5.32 Å². The van der Waals surface area contributed by atoms with Crippen LogP contribution in [0.25, 0.3) is 0 Å². The molecule has 2 atom stereocenters. The van der Waals surface area contributed by atoms with Crippen LogP contribution < -0.4 is 5.32 Å². The highest BCUT2D eigenvalue weighted by Gasteiger charge is 2.21. The topological polar surface area (TPSA) is 45.0 Å². The summed E-state index contributed by atoms with van der Waals surface area (Å²) in [6.07, 6.45) is 3.52. The summed E-state index contributed by atoms with van der Waals surface area (Å²) in [5.74, 6) is 0. The fraction of sp³-hybridized carbons (Fsp3) is 0.500. The van der Waals surface area contributed by atoms with Gasteiger partial charge in [-0.3, -0.25) is 0 Å². The molecule has 0 aliphatic heterocycles. The molecule has 17 heavy (non-hydrogen) atoms. The van der Waals surface area contributed by atoms with Gasteiger partial charge in [-0.25, -0.2) is 0 Å². The third-order valence-electron chi connectivity index (χ3n) is 3.28. The van der Waals surface area contributed by atoms with Crippen LogP contribution in [0.2, 0.25) is 0 Å². The molecule has 0 bridgehead atoms. The maximum absolute atomic E-state index is 8.86. The van der Waals surface area contributed by atoms with Gasteiger partial charge in [0.25, 0.3) is 0 Å². The molecule has 0 radical (unpaired) electrons. The standard InChI is InChI=1S/C14H18N2O/c1-16-12(9-15)10-17-14-8-4-6-11-5-2-3-7-13(11)14/h2-3,5,7,12,14,16H,4,6,8,10H2,1H3. The molecule has 90 valence electrons. The molecule has 3 nitrogen and oxygen atoms in total. The average Bonchev–Trinajstić information content (AvgIpc) is 2.40. The Labute approximate surface area is 102 Å². The highest BCUT2D eigenvalue weighted by molar-refractivity contribution is 5.31. The molecule has 1 aromatic carbocycles. The lowest BCUT2D eigenvalue weighted by molar-refractivity contribution is 0.0351. The molecule has 0 aromatic heterocycles. The van der Waals surface area contributed by atoms with Gasteiger partial charge in [0, 0.05) is 0 Å². The molecule has 2 rings (SSSR count). The molecule has 0 spiro atoms. The molecule has 0 heterocycles. The van der Waals surface area contributed by atoms with Crippen LogP contribution in [0.3, 0.4) is 0 Å². The zero-order valence-electron chi connectivity index (χ0n) is 10.1. The van der Waals surface area contributed by atoms with E-state index < -0.39 is 0 Å². The molecule has 0 amide bonds. The summed E-state index contributed by atoms with van der Waals surface area (Å²) in [4.78, 5) is 0. The number of aryl methyl sites for hydroxylation is 1. The van der Waals surface area contributed by atoms with Crippen LogP contribution in [0, 0.1) is 11.3 Å². The van der Waals surface area contributed by atoms with Crippen molar-refractivity contribution in [3.8, 4) is 6.07 Å². The number of ether oxygens (including phenoxy) is 1. The summed E-state index contributed by atoms with van der Waals surface area (Å²) in [7, 11) is 1.78. The number of nitrogens with one attached hydrogen (secondary N) is 1. The smallest absolute Gasteiger partial charge is 0.119 e. The summed E-state index contributed by atoms with van der Waals surface area (Å²) in [6.45, 7) is 0.450. The normalized spacial score (nSPS) is 20.4. The van der Waals surface area contributed by atoms with Crippen molar-refractivity contribution >= 4 is 0 Å². The lowest BCUT2D eigenvalue weighted by atomic mass is 9.89. The van der Waals surface area contributed by atoms with Crippen LogP contribution in [0.15, 0.2) is 24.3 Å². The highest BCUT2D eigenvalue weighted by atomic mass is 16.5. The first-order valence-electron chi connectivity index (χ1n) is 6.11. The van der Waals surface area contributed by atoms with Crippen LogP contribution in [-0.2, 0) is 11.2 Å². The van der Waals surface area contributed by atoms with Crippen LogP contribution in [0.4, 0.5) is 0 Å². The largest absolute Gasteiger partial charge is 0.371 e. The zero-order valence-corrected chi connectivity index (χ0v) is 10.1. The van der Waals surface area contributed by atoms with Gasteiger partial charge in [0.2, 0.25) is 0 Å². The maximum atomic E-state index is 8.86. The zero-order chi connectivity index (χ0) is 12.1. The first-order chi connectivity index (χ1) is 8.35. The molecule has 1 aromatic rings. The number of hydrogen-bond acceptors (Lipinski definition) is 3.